The van der Waals surface area contributed by atoms with Gasteiger partial charge in [-0.3, -0.25) is 14.6 Å². The molecule has 2 aliphatic heterocycles. The van der Waals surface area contributed by atoms with E-state index in [4.69, 9.17) is 15.0 Å². The molecule has 3 aromatic heterocycles. The maximum atomic E-state index is 5.51. The lowest BCUT2D eigenvalue weighted by Crippen LogP contribution is -2.08. The number of rotatable bonds is 4. The fourth-order valence-electron chi connectivity index (χ4n) is 6.86. The van der Waals surface area contributed by atoms with Gasteiger partial charge in [0.1, 0.15) is 5.65 Å². The van der Waals surface area contributed by atoms with Gasteiger partial charge in [-0.25, -0.2) is 4.98 Å². The first-order chi connectivity index (χ1) is 21.8. The normalized spacial score (nSPS) is 16.5. The van der Waals surface area contributed by atoms with E-state index in [1.807, 2.05) is 12.3 Å². The van der Waals surface area contributed by atoms with Crippen LogP contribution in [0.1, 0.15) is 30.0 Å². The number of pyridine rings is 1. The Hall–Kier alpha value is -5.55. The Kier molecular flexibility index (Phi) is 5.69. The quantitative estimate of drug-likeness (QED) is 0.209. The highest BCUT2D eigenvalue weighted by Crippen LogP contribution is 2.38. The van der Waals surface area contributed by atoms with Crippen LogP contribution in [0.25, 0.3) is 55.2 Å². The van der Waals surface area contributed by atoms with Gasteiger partial charge in [0, 0.05) is 45.9 Å². The number of para-hydroxylation sites is 3. The van der Waals surface area contributed by atoms with Crippen molar-refractivity contribution in [1.82, 2.24) is 14.1 Å². The molecule has 0 saturated carbocycles. The topological polar surface area (TPSA) is 47.5 Å². The molecule has 0 bridgehead atoms. The minimum atomic E-state index is 0.0727. The molecule has 5 nitrogen and oxygen atoms in total. The third-order valence-corrected chi connectivity index (χ3v) is 8.86. The Bertz CT molecular complexity index is 2370. The molecule has 1 atom stereocenters. The molecule has 210 valence electrons. The molecule has 5 heteroatoms. The van der Waals surface area contributed by atoms with E-state index < -0.39 is 0 Å². The standard InChI is InChI=1S/C39H29N5/c1-2-12-28(13-3-1)43-36-19-7-5-15-31(36)38-37(43)25-32-30-14-4-6-18-35(30)44(39(32)42-38)29-23-26(33-16-8-10-20-40-33)22-27(24-29)34-17-9-11-21-41-34/h1-10,12-15,17-20,22-25,33H,11,16,21H2. The van der Waals surface area contributed by atoms with E-state index in [2.05, 4.69) is 130 Å². The van der Waals surface area contributed by atoms with Gasteiger partial charge in [0.2, 0.25) is 0 Å². The Balaban J connectivity index is 1.37. The zero-order chi connectivity index (χ0) is 29.0. The summed E-state index contributed by atoms with van der Waals surface area (Å²) in [7, 11) is 0. The molecule has 9 rings (SSSR count). The third kappa shape index (κ3) is 3.89. The average molecular weight is 568 g/mol. The van der Waals surface area contributed by atoms with Gasteiger partial charge in [-0.2, -0.15) is 0 Å². The second-order valence-electron chi connectivity index (χ2n) is 11.5. The van der Waals surface area contributed by atoms with Crippen LogP contribution in [0.2, 0.25) is 0 Å². The second-order valence-corrected chi connectivity index (χ2v) is 11.5. The summed E-state index contributed by atoms with van der Waals surface area (Å²) in [5.41, 5.74) is 10.9. The van der Waals surface area contributed by atoms with Crippen LogP contribution in [0.5, 0.6) is 0 Å². The molecule has 0 fully saturated rings. The van der Waals surface area contributed by atoms with Crippen LogP contribution >= 0.6 is 0 Å². The largest absolute Gasteiger partial charge is 0.308 e. The predicted molar refractivity (Wildman–Crippen MR) is 183 cm³/mol. The highest BCUT2D eigenvalue weighted by atomic mass is 15.1. The minimum Gasteiger partial charge on any atom is -0.308 e. The Morgan fingerprint density at radius 1 is 0.659 bits per heavy atom. The van der Waals surface area contributed by atoms with Crippen LogP contribution in [0, 0.1) is 0 Å². The molecule has 0 aliphatic carbocycles. The van der Waals surface area contributed by atoms with Crippen molar-refractivity contribution in [3.63, 3.8) is 0 Å². The van der Waals surface area contributed by atoms with Crippen LogP contribution in [-0.4, -0.2) is 32.6 Å². The fourth-order valence-corrected chi connectivity index (χ4v) is 6.86. The number of nitrogens with zero attached hydrogens (tertiary/aromatic N) is 5. The summed E-state index contributed by atoms with van der Waals surface area (Å²) in [4.78, 5) is 15.2. The lowest BCUT2D eigenvalue weighted by atomic mass is 9.96. The van der Waals surface area contributed by atoms with Crippen LogP contribution in [0.4, 0.5) is 0 Å². The minimum absolute atomic E-state index is 0.0727. The van der Waals surface area contributed by atoms with Crippen molar-refractivity contribution in [3.8, 4) is 11.4 Å². The van der Waals surface area contributed by atoms with E-state index in [0.717, 1.165) is 80.5 Å². The van der Waals surface area contributed by atoms with Crippen molar-refractivity contribution in [2.75, 3.05) is 6.54 Å². The number of benzene rings is 4. The van der Waals surface area contributed by atoms with Crippen molar-refractivity contribution in [3.05, 3.63) is 139 Å². The second kappa shape index (κ2) is 10.0. The molecule has 4 aromatic carbocycles. The van der Waals surface area contributed by atoms with E-state index in [1.54, 1.807) is 0 Å². The summed E-state index contributed by atoms with van der Waals surface area (Å²) in [5.74, 6) is 0. The van der Waals surface area contributed by atoms with Gasteiger partial charge in [-0.1, -0.05) is 66.7 Å². The molecule has 5 heterocycles. The summed E-state index contributed by atoms with van der Waals surface area (Å²) in [5, 5.41) is 3.46. The van der Waals surface area contributed by atoms with E-state index in [0.29, 0.717) is 0 Å². The molecule has 0 spiro atoms. The molecule has 0 N–H and O–H groups in total. The first-order valence-corrected chi connectivity index (χ1v) is 15.3. The van der Waals surface area contributed by atoms with Crippen molar-refractivity contribution in [2.45, 2.75) is 18.9 Å². The number of aromatic nitrogens is 3. The summed E-state index contributed by atoms with van der Waals surface area (Å²) >= 11 is 0. The van der Waals surface area contributed by atoms with Crippen LogP contribution in [0.3, 0.4) is 0 Å². The van der Waals surface area contributed by atoms with Crippen molar-refractivity contribution in [2.24, 2.45) is 9.98 Å². The zero-order valence-electron chi connectivity index (χ0n) is 24.1. The van der Waals surface area contributed by atoms with Crippen molar-refractivity contribution < 1.29 is 0 Å². The average Bonchev–Trinajstić information content (AvgIpc) is 3.60. The molecular formula is C39H29N5. The summed E-state index contributed by atoms with van der Waals surface area (Å²) in [6, 6.07) is 37.1. The van der Waals surface area contributed by atoms with Gasteiger partial charge < -0.3 is 4.57 Å². The molecule has 0 radical (unpaired) electrons. The summed E-state index contributed by atoms with van der Waals surface area (Å²) in [6.07, 6.45) is 12.4. The third-order valence-electron chi connectivity index (χ3n) is 8.86. The molecule has 0 amide bonds. The molecular weight excluding hydrogens is 538 g/mol. The number of aliphatic imine (C=N–C) groups is 2. The number of fused-ring (bicyclic) bond motifs is 6. The van der Waals surface area contributed by atoms with Gasteiger partial charge in [-0.15, -0.1) is 0 Å². The van der Waals surface area contributed by atoms with Gasteiger partial charge in [-0.05, 0) is 79.1 Å². The van der Waals surface area contributed by atoms with E-state index in [-0.39, 0.29) is 6.04 Å². The number of hydrogen-bond donors (Lipinski definition) is 0. The number of allylic oxidation sites excluding steroid dienone is 2. The van der Waals surface area contributed by atoms with Gasteiger partial charge in [0.15, 0.2) is 0 Å². The first kappa shape index (κ1) is 25.0. The lowest BCUT2D eigenvalue weighted by Gasteiger charge is -2.18. The molecule has 0 saturated heterocycles. The lowest BCUT2D eigenvalue weighted by molar-refractivity contribution is 0.739. The first-order valence-electron chi connectivity index (χ1n) is 15.3. The van der Waals surface area contributed by atoms with Crippen molar-refractivity contribution in [1.29, 1.82) is 0 Å². The fraction of sp³-hybridized carbons (Fsp3) is 0.103. The van der Waals surface area contributed by atoms with Crippen LogP contribution in [-0.2, 0) is 0 Å². The Labute approximate surface area is 254 Å². The smallest absolute Gasteiger partial charge is 0.146 e. The van der Waals surface area contributed by atoms with Crippen LogP contribution < -0.4 is 0 Å². The molecule has 1 unspecified atom stereocenters. The zero-order valence-corrected chi connectivity index (χ0v) is 24.1. The highest BCUT2D eigenvalue weighted by molar-refractivity contribution is 6.16. The highest BCUT2D eigenvalue weighted by Gasteiger charge is 2.21. The predicted octanol–water partition coefficient (Wildman–Crippen LogP) is 9.10. The molecule has 2 aliphatic rings. The number of hydrogen-bond acceptors (Lipinski definition) is 3. The molecule has 44 heavy (non-hydrogen) atoms. The van der Waals surface area contributed by atoms with Crippen LogP contribution in [0.15, 0.2) is 137 Å². The summed E-state index contributed by atoms with van der Waals surface area (Å²) in [6.45, 7) is 0.816. The monoisotopic (exact) mass is 567 g/mol. The maximum absolute atomic E-state index is 5.51. The van der Waals surface area contributed by atoms with Crippen molar-refractivity contribution >= 4 is 55.8 Å². The Morgan fingerprint density at radius 2 is 1.45 bits per heavy atom. The van der Waals surface area contributed by atoms with E-state index >= 15 is 0 Å². The van der Waals surface area contributed by atoms with Gasteiger partial charge in [0.05, 0.1) is 33.8 Å². The maximum Gasteiger partial charge on any atom is 0.146 e. The number of dihydropyridines is 2. The van der Waals surface area contributed by atoms with Gasteiger partial charge in [0.25, 0.3) is 0 Å². The summed E-state index contributed by atoms with van der Waals surface area (Å²) < 4.78 is 4.67. The van der Waals surface area contributed by atoms with E-state index in [9.17, 15) is 0 Å². The van der Waals surface area contributed by atoms with E-state index in [1.165, 1.54) is 10.9 Å². The van der Waals surface area contributed by atoms with Gasteiger partial charge >= 0.3 is 0 Å². The SMILES string of the molecule is C1=CCC(c2cc(C3=NCCC=C3)cc(-n3c4ccccc4c4cc5c(nc43)c3ccccc3n5-c3ccccc3)c2)N=C1. The molecule has 7 aromatic rings. The Morgan fingerprint density at radius 3 is 2.25 bits per heavy atom.